The van der Waals surface area contributed by atoms with E-state index in [0.29, 0.717) is 12.8 Å². The van der Waals surface area contributed by atoms with E-state index in [1.54, 1.807) is 0 Å². The molecule has 0 aromatic carbocycles. The molecule has 0 aliphatic heterocycles. The van der Waals surface area contributed by atoms with Crippen molar-refractivity contribution in [1.29, 1.82) is 0 Å². The summed E-state index contributed by atoms with van der Waals surface area (Å²) < 4.78 is 14.4. The van der Waals surface area contributed by atoms with Crippen LogP contribution in [0.4, 0.5) is 4.39 Å². The van der Waals surface area contributed by atoms with E-state index < -0.39 is 6.17 Å². The molecule has 2 nitrogen and oxygen atoms in total. The van der Waals surface area contributed by atoms with Crippen LogP contribution in [0.3, 0.4) is 0 Å². The SMILES string of the molecule is CC(C)(CC(F)CCC[N+](C)(C)C)NCl. The van der Waals surface area contributed by atoms with Crippen molar-refractivity contribution in [3.05, 3.63) is 0 Å². The van der Waals surface area contributed by atoms with Gasteiger partial charge in [0.25, 0.3) is 0 Å². The molecule has 92 valence electrons. The molecule has 0 radical (unpaired) electrons. The molecule has 1 atom stereocenters. The van der Waals surface area contributed by atoms with Gasteiger partial charge in [-0.15, -0.1) is 0 Å². The van der Waals surface area contributed by atoms with Crippen LogP contribution >= 0.6 is 11.8 Å². The maximum atomic E-state index is 13.6. The molecule has 0 bridgehead atoms. The molecule has 0 aliphatic carbocycles. The van der Waals surface area contributed by atoms with Gasteiger partial charge < -0.3 is 4.48 Å². The summed E-state index contributed by atoms with van der Waals surface area (Å²) in [6, 6.07) is 0. The Morgan fingerprint density at radius 2 is 1.87 bits per heavy atom. The Hall–Kier alpha value is 0.140. The van der Waals surface area contributed by atoms with Crippen molar-refractivity contribution in [1.82, 2.24) is 4.84 Å². The molecule has 0 fully saturated rings. The van der Waals surface area contributed by atoms with Gasteiger partial charge in [0.05, 0.1) is 27.7 Å². The van der Waals surface area contributed by atoms with E-state index in [1.165, 1.54) is 0 Å². The molecule has 0 saturated heterocycles. The normalized spacial score (nSPS) is 15.4. The monoisotopic (exact) mass is 239 g/mol. The van der Waals surface area contributed by atoms with E-state index in [2.05, 4.69) is 26.0 Å². The Labute approximate surface area is 98.5 Å². The third-order valence-electron chi connectivity index (χ3n) is 2.33. The Bertz CT molecular complexity index is 178. The summed E-state index contributed by atoms with van der Waals surface area (Å²) in [5.74, 6) is 0. The van der Waals surface area contributed by atoms with Crippen LogP contribution < -0.4 is 4.84 Å². The van der Waals surface area contributed by atoms with E-state index in [1.807, 2.05) is 13.8 Å². The largest absolute Gasteiger partial charge is 0.331 e. The molecule has 0 aliphatic rings. The third kappa shape index (κ3) is 9.09. The second-order valence-electron chi connectivity index (χ2n) is 5.94. The lowest BCUT2D eigenvalue weighted by molar-refractivity contribution is -0.870. The second-order valence-corrected chi connectivity index (χ2v) is 6.12. The van der Waals surface area contributed by atoms with Crippen LogP contribution in [-0.2, 0) is 0 Å². The predicted octanol–water partition coefficient (Wildman–Crippen LogP) is 2.72. The summed E-state index contributed by atoms with van der Waals surface area (Å²) in [5.41, 5.74) is -0.322. The first-order valence-electron chi connectivity index (χ1n) is 5.49. The van der Waals surface area contributed by atoms with Crippen molar-refractivity contribution >= 4 is 11.8 Å². The van der Waals surface area contributed by atoms with Crippen LogP contribution in [0.15, 0.2) is 0 Å². The quantitative estimate of drug-likeness (QED) is 0.532. The zero-order valence-electron chi connectivity index (χ0n) is 10.6. The van der Waals surface area contributed by atoms with E-state index in [9.17, 15) is 4.39 Å². The van der Waals surface area contributed by atoms with Crippen molar-refractivity contribution < 1.29 is 8.87 Å². The van der Waals surface area contributed by atoms with Crippen molar-refractivity contribution in [3.63, 3.8) is 0 Å². The highest BCUT2D eigenvalue weighted by molar-refractivity contribution is 6.13. The first-order chi connectivity index (χ1) is 6.66. The average Bonchev–Trinajstić information content (AvgIpc) is 2.00. The second kappa shape index (κ2) is 6.02. The van der Waals surface area contributed by atoms with E-state index in [-0.39, 0.29) is 5.54 Å². The van der Waals surface area contributed by atoms with Crippen LogP contribution in [0.1, 0.15) is 33.1 Å². The van der Waals surface area contributed by atoms with Crippen molar-refractivity contribution in [3.8, 4) is 0 Å². The van der Waals surface area contributed by atoms with Crippen molar-refractivity contribution in [2.24, 2.45) is 0 Å². The van der Waals surface area contributed by atoms with Gasteiger partial charge in [0.15, 0.2) is 0 Å². The number of alkyl halides is 1. The number of nitrogens with zero attached hydrogens (tertiary/aromatic N) is 1. The smallest absolute Gasteiger partial charge is 0.102 e. The molecular weight excluding hydrogens is 215 g/mol. The average molecular weight is 240 g/mol. The molecule has 0 amide bonds. The number of halogens is 2. The molecule has 1 N–H and O–H groups in total. The maximum absolute atomic E-state index is 13.6. The molecule has 0 rings (SSSR count). The Kier molecular flexibility index (Phi) is 6.08. The molecule has 4 heteroatoms. The minimum atomic E-state index is -0.766. The van der Waals surface area contributed by atoms with Gasteiger partial charge in [0, 0.05) is 5.54 Å². The van der Waals surface area contributed by atoms with Gasteiger partial charge in [-0.25, -0.2) is 9.23 Å². The van der Waals surface area contributed by atoms with E-state index in [0.717, 1.165) is 17.4 Å². The Morgan fingerprint density at radius 1 is 1.33 bits per heavy atom. The topological polar surface area (TPSA) is 12.0 Å². The first-order valence-corrected chi connectivity index (χ1v) is 5.86. The number of hydrogen-bond acceptors (Lipinski definition) is 1. The van der Waals surface area contributed by atoms with Gasteiger partial charge in [-0.3, -0.25) is 0 Å². The fraction of sp³-hybridized carbons (Fsp3) is 1.00. The van der Waals surface area contributed by atoms with Crippen LogP contribution in [-0.4, -0.2) is 43.9 Å². The van der Waals surface area contributed by atoms with Gasteiger partial charge in [-0.2, -0.15) is 0 Å². The summed E-state index contributed by atoms with van der Waals surface area (Å²) in [5, 5.41) is 0. The number of rotatable bonds is 7. The van der Waals surface area contributed by atoms with Gasteiger partial charge >= 0.3 is 0 Å². The summed E-state index contributed by atoms with van der Waals surface area (Å²) >= 11 is 5.52. The lowest BCUT2D eigenvalue weighted by Gasteiger charge is -2.26. The van der Waals surface area contributed by atoms with Gasteiger partial charge in [-0.05, 0) is 44.9 Å². The van der Waals surface area contributed by atoms with Crippen molar-refractivity contribution in [2.75, 3.05) is 27.7 Å². The zero-order chi connectivity index (χ0) is 12.1. The maximum Gasteiger partial charge on any atom is 0.102 e. The standard InChI is InChI=1S/C11H25ClFN2/c1-11(2,14-12)9-10(13)7-6-8-15(3,4)5/h10,14H,6-9H2,1-5H3/q+1. The van der Waals surface area contributed by atoms with Crippen LogP contribution in [0.5, 0.6) is 0 Å². The first kappa shape index (κ1) is 15.1. The highest BCUT2D eigenvalue weighted by Crippen LogP contribution is 2.18. The van der Waals surface area contributed by atoms with Crippen LogP contribution in [0.25, 0.3) is 0 Å². The lowest BCUT2D eigenvalue weighted by atomic mass is 9.96. The molecule has 1 unspecified atom stereocenters. The summed E-state index contributed by atoms with van der Waals surface area (Å²) in [7, 11) is 6.37. The lowest BCUT2D eigenvalue weighted by Crippen LogP contribution is -2.37. The van der Waals surface area contributed by atoms with E-state index in [4.69, 9.17) is 11.8 Å². The third-order valence-corrected chi connectivity index (χ3v) is 2.85. The van der Waals surface area contributed by atoms with Crippen LogP contribution in [0, 0.1) is 0 Å². The molecular formula is C11H25ClFN2+. The molecule has 0 aromatic rings. The molecule has 0 saturated carbocycles. The van der Waals surface area contributed by atoms with Gasteiger partial charge in [-0.1, -0.05) is 0 Å². The van der Waals surface area contributed by atoms with Crippen molar-refractivity contribution in [2.45, 2.75) is 44.8 Å². The molecule has 0 heterocycles. The molecule has 0 spiro atoms. The predicted molar refractivity (Wildman–Crippen MR) is 64.7 cm³/mol. The highest BCUT2D eigenvalue weighted by atomic mass is 35.5. The van der Waals surface area contributed by atoms with E-state index >= 15 is 0 Å². The van der Waals surface area contributed by atoms with Crippen LogP contribution in [0.2, 0.25) is 0 Å². The summed E-state index contributed by atoms with van der Waals surface area (Å²) in [6.07, 6.45) is 1.24. The summed E-state index contributed by atoms with van der Waals surface area (Å²) in [4.78, 5) is 2.61. The fourth-order valence-electron chi connectivity index (χ4n) is 1.48. The highest BCUT2D eigenvalue weighted by Gasteiger charge is 2.22. The van der Waals surface area contributed by atoms with Gasteiger partial charge in [0.2, 0.25) is 0 Å². The Balaban J connectivity index is 3.71. The zero-order valence-corrected chi connectivity index (χ0v) is 11.4. The summed E-state index contributed by atoms with van der Waals surface area (Å²) in [6.45, 7) is 4.83. The minimum absolute atomic E-state index is 0.322. The molecule has 0 aromatic heterocycles. The van der Waals surface area contributed by atoms with Gasteiger partial charge in [0.1, 0.15) is 6.17 Å². The minimum Gasteiger partial charge on any atom is -0.331 e. The molecule has 15 heavy (non-hydrogen) atoms. The number of quaternary nitrogens is 1. The Morgan fingerprint density at radius 3 is 2.27 bits per heavy atom. The number of hydrogen-bond donors (Lipinski definition) is 1. The fourth-order valence-corrected chi connectivity index (χ4v) is 1.56. The number of nitrogens with one attached hydrogen (secondary N) is 1.